The second kappa shape index (κ2) is 13.0. The molecule has 1 aromatic heterocycles. The molecule has 0 bridgehead atoms. The molecule has 5 N–H and O–H groups in total. The summed E-state index contributed by atoms with van der Waals surface area (Å²) in [7, 11) is 3.12. The number of Topliss-reactive ketones (excluding diaryl/α,β-unsaturated/α-hetero) is 4. The lowest BCUT2D eigenvalue weighted by atomic mass is 9.52. The normalized spacial score (nSPS) is 28.9. The summed E-state index contributed by atoms with van der Waals surface area (Å²) in [6.07, 6.45) is 10.4. The van der Waals surface area contributed by atoms with E-state index in [4.69, 9.17) is 5.73 Å². The van der Waals surface area contributed by atoms with E-state index in [0.717, 1.165) is 24.8 Å². The van der Waals surface area contributed by atoms with Gasteiger partial charge in [0, 0.05) is 30.4 Å². The summed E-state index contributed by atoms with van der Waals surface area (Å²) < 4.78 is 0. The minimum atomic E-state index is -2.79. The molecule has 1 aromatic carbocycles. The second-order valence-corrected chi connectivity index (χ2v) is 14.2. The molecule has 0 aliphatic heterocycles. The van der Waals surface area contributed by atoms with Crippen molar-refractivity contribution in [1.29, 1.82) is 0 Å². The Kier molecular flexibility index (Phi) is 9.08. The van der Waals surface area contributed by atoms with Crippen molar-refractivity contribution in [2.45, 2.75) is 76.0 Å². The molecule has 0 saturated heterocycles. The zero-order chi connectivity index (χ0) is 34.5. The summed E-state index contributed by atoms with van der Waals surface area (Å²) in [6.45, 7) is -0.101. The van der Waals surface area contributed by atoms with Gasteiger partial charge in [-0.2, -0.15) is 0 Å². The largest absolute Gasteiger partial charge is 0.507 e. The molecule has 1 heterocycles. The van der Waals surface area contributed by atoms with Crippen molar-refractivity contribution in [3.63, 3.8) is 0 Å². The molecule has 6 atom stereocenters. The van der Waals surface area contributed by atoms with E-state index in [1.807, 2.05) is 6.07 Å². The van der Waals surface area contributed by atoms with Crippen LogP contribution in [0.25, 0.3) is 0 Å². The van der Waals surface area contributed by atoms with Crippen LogP contribution in [-0.4, -0.2) is 80.8 Å². The summed E-state index contributed by atoms with van der Waals surface area (Å²) in [5.74, 6) is -10.8. The summed E-state index contributed by atoms with van der Waals surface area (Å²) in [5, 5.41) is 26.3. The van der Waals surface area contributed by atoms with Gasteiger partial charge in [-0.05, 0) is 74.9 Å². The van der Waals surface area contributed by atoms with Gasteiger partial charge in [0.1, 0.15) is 5.75 Å². The fourth-order valence-corrected chi connectivity index (χ4v) is 8.78. The van der Waals surface area contributed by atoms with Gasteiger partial charge in [0.15, 0.2) is 34.7 Å². The molecule has 3 saturated carbocycles. The van der Waals surface area contributed by atoms with Crippen molar-refractivity contribution in [1.82, 2.24) is 15.2 Å². The quantitative estimate of drug-likeness (QED) is 0.303. The third-order valence-corrected chi connectivity index (χ3v) is 11.1. The number of hydrogen-bond donors (Lipinski definition) is 4. The minimum absolute atomic E-state index is 0.00432. The molecule has 4 aliphatic carbocycles. The number of carbonyl (C=O) groups excluding carboxylic acids is 6. The van der Waals surface area contributed by atoms with Crippen molar-refractivity contribution in [2.24, 2.45) is 35.3 Å². The highest BCUT2D eigenvalue weighted by atomic mass is 16.3. The number of aromatic hydroxyl groups is 1. The number of aliphatic hydroxyl groups is 1. The van der Waals surface area contributed by atoms with Crippen LogP contribution in [0.1, 0.15) is 82.4 Å². The number of likely N-dealkylation sites (N-methyl/N-ethyl adjacent to an activating group) is 1. The maximum Gasteiger partial charge on any atom is 0.253 e. The maximum atomic E-state index is 14.4. The molecule has 2 unspecified atom stereocenters. The number of carbonyl (C=O) groups is 6. The van der Waals surface area contributed by atoms with Gasteiger partial charge >= 0.3 is 0 Å². The first-order valence-corrected chi connectivity index (χ1v) is 16.8. The maximum absolute atomic E-state index is 14.4. The molecule has 12 nitrogen and oxygen atoms in total. The third kappa shape index (κ3) is 5.54. The summed E-state index contributed by atoms with van der Waals surface area (Å²) >= 11 is 0. The number of aryl methyl sites for hydroxylation is 1. The Labute approximate surface area is 278 Å². The van der Waals surface area contributed by atoms with E-state index in [9.17, 15) is 39.0 Å². The highest BCUT2D eigenvalue weighted by Crippen LogP contribution is 2.51. The molecule has 3 fully saturated rings. The van der Waals surface area contributed by atoms with Gasteiger partial charge in [0.2, 0.25) is 5.91 Å². The van der Waals surface area contributed by atoms with Gasteiger partial charge in [0.05, 0.1) is 23.1 Å². The highest BCUT2D eigenvalue weighted by Gasteiger charge is 2.69. The minimum Gasteiger partial charge on any atom is -0.507 e. The van der Waals surface area contributed by atoms with Crippen LogP contribution in [0.2, 0.25) is 0 Å². The first-order valence-electron chi connectivity index (χ1n) is 16.8. The molecular weight excluding hydrogens is 616 g/mol. The van der Waals surface area contributed by atoms with Crippen molar-refractivity contribution < 1.29 is 39.0 Å². The van der Waals surface area contributed by atoms with Crippen LogP contribution in [0.4, 0.5) is 0 Å². The monoisotopic (exact) mass is 658 g/mol. The fourth-order valence-electron chi connectivity index (χ4n) is 8.78. The first kappa shape index (κ1) is 33.6. The van der Waals surface area contributed by atoms with E-state index in [1.54, 1.807) is 32.4 Å². The van der Waals surface area contributed by atoms with Crippen molar-refractivity contribution in [3.8, 4) is 5.75 Å². The predicted molar refractivity (Wildman–Crippen MR) is 172 cm³/mol. The van der Waals surface area contributed by atoms with E-state index in [1.165, 1.54) is 30.4 Å². The van der Waals surface area contributed by atoms with Gasteiger partial charge in [-0.1, -0.05) is 38.2 Å². The van der Waals surface area contributed by atoms with Crippen LogP contribution in [-0.2, 0) is 38.6 Å². The molecule has 6 rings (SSSR count). The number of ketones is 4. The van der Waals surface area contributed by atoms with E-state index >= 15 is 0 Å². The van der Waals surface area contributed by atoms with Gasteiger partial charge in [0.25, 0.3) is 5.91 Å². The zero-order valence-electron chi connectivity index (χ0n) is 27.2. The molecule has 0 spiro atoms. The van der Waals surface area contributed by atoms with Crippen LogP contribution in [0.5, 0.6) is 5.75 Å². The Morgan fingerprint density at radius 3 is 2.46 bits per heavy atom. The number of fused-ring (bicyclic) bond motifs is 3. The van der Waals surface area contributed by atoms with Crippen molar-refractivity contribution in [3.05, 3.63) is 58.4 Å². The SMILES string of the molecule is CN(C)[C@@H]1C(=O)C(C(N)=O)C(=O)[C@@]2(O)C(=O)C3C(=O)c4c(O)c(CNC(=O)c5cccnc5)cc(CCC5CCCCC5)c4C[C@H]3C[C@@H]12. The molecule has 4 aliphatic rings. The number of nitrogens with one attached hydrogen (secondary N) is 1. The number of benzene rings is 1. The first-order chi connectivity index (χ1) is 22.9. The molecule has 12 heteroatoms. The zero-order valence-corrected chi connectivity index (χ0v) is 27.2. The smallest absolute Gasteiger partial charge is 0.253 e. The van der Waals surface area contributed by atoms with E-state index in [2.05, 4.69) is 10.3 Å². The Bertz CT molecular complexity index is 1680. The van der Waals surface area contributed by atoms with Crippen molar-refractivity contribution >= 4 is 34.9 Å². The lowest BCUT2D eigenvalue weighted by Crippen LogP contribution is -2.74. The molecule has 2 aromatic rings. The summed E-state index contributed by atoms with van der Waals surface area (Å²) in [6, 6.07) is 3.90. The van der Waals surface area contributed by atoms with Crippen LogP contribution in [0.15, 0.2) is 30.6 Å². The average molecular weight is 659 g/mol. The van der Waals surface area contributed by atoms with Crippen LogP contribution in [0, 0.1) is 29.6 Å². The van der Waals surface area contributed by atoms with E-state index in [-0.39, 0.29) is 30.7 Å². The van der Waals surface area contributed by atoms with Crippen LogP contribution >= 0.6 is 0 Å². The number of pyridine rings is 1. The lowest BCUT2D eigenvalue weighted by Gasteiger charge is -2.52. The summed E-state index contributed by atoms with van der Waals surface area (Å²) in [5.41, 5.74) is 4.67. The van der Waals surface area contributed by atoms with Gasteiger partial charge in [-0.25, -0.2) is 0 Å². The van der Waals surface area contributed by atoms with Gasteiger partial charge < -0.3 is 21.3 Å². The number of phenols is 1. The number of aromatic nitrogens is 1. The third-order valence-electron chi connectivity index (χ3n) is 11.1. The second-order valence-electron chi connectivity index (χ2n) is 14.2. The molecular formula is C36H42N4O8. The number of amides is 2. The van der Waals surface area contributed by atoms with E-state index in [0.29, 0.717) is 29.0 Å². The van der Waals surface area contributed by atoms with Crippen LogP contribution < -0.4 is 11.1 Å². The molecule has 2 amide bonds. The Balaban J connectivity index is 1.39. The lowest BCUT2D eigenvalue weighted by molar-refractivity contribution is -0.181. The molecule has 254 valence electrons. The molecule has 48 heavy (non-hydrogen) atoms. The highest BCUT2D eigenvalue weighted by molar-refractivity contribution is 6.32. The predicted octanol–water partition coefficient (Wildman–Crippen LogP) is 1.70. The van der Waals surface area contributed by atoms with Crippen LogP contribution in [0.3, 0.4) is 0 Å². The number of primary amides is 1. The number of rotatable bonds is 8. The fraction of sp³-hybridized carbons (Fsp3) is 0.528. The number of phenolic OH excluding ortho intramolecular Hbond substituents is 1. The van der Waals surface area contributed by atoms with Gasteiger partial charge in [-0.3, -0.25) is 38.7 Å². The van der Waals surface area contributed by atoms with Crippen molar-refractivity contribution in [2.75, 3.05) is 14.1 Å². The molecule has 0 radical (unpaired) electrons. The number of hydrogen-bond acceptors (Lipinski definition) is 10. The number of nitrogens with zero attached hydrogens (tertiary/aromatic N) is 2. The standard InChI is InChI=1S/C36H42N4O8/c1-40(2)28-24-15-21-14-23-19(11-10-18-7-4-3-5-8-18)13-22(17-39-35(47)20-9-6-12-38-16-20)29(41)26(23)30(42)25(21)32(44)36(24,48)33(45)27(31(28)43)34(37)46/h6,9,12-13,16,18,21,24-25,27-28,41,48H,3-5,7-8,10-11,14-15,17H2,1-2H3,(H2,37,46)(H,39,47)/t21-,24-,25?,27?,28-,36-/m0/s1. The Morgan fingerprint density at radius 1 is 1.08 bits per heavy atom. The Morgan fingerprint density at radius 2 is 1.81 bits per heavy atom. The average Bonchev–Trinajstić information content (AvgIpc) is 3.06. The van der Waals surface area contributed by atoms with E-state index < -0.39 is 70.3 Å². The summed E-state index contributed by atoms with van der Waals surface area (Å²) in [4.78, 5) is 86.2. The van der Waals surface area contributed by atoms with Gasteiger partial charge in [-0.15, -0.1) is 0 Å². The topological polar surface area (TPSA) is 197 Å². The Hall–Kier alpha value is -4.29. The number of nitrogens with two attached hydrogens (primary N) is 1.